The summed E-state index contributed by atoms with van der Waals surface area (Å²) in [4.78, 5) is 15.5. The van der Waals surface area contributed by atoms with Gasteiger partial charge in [0.15, 0.2) is 0 Å². The maximum Gasteiger partial charge on any atom is 0.322 e. The first-order valence-electron chi connectivity index (χ1n) is 8.48. The number of hydrogen-bond acceptors (Lipinski definition) is 6. The molecule has 3 aromatic rings. The number of carbonyl (C=O) groups is 1. The van der Waals surface area contributed by atoms with Crippen molar-refractivity contribution in [3.8, 4) is 0 Å². The number of aliphatic carboxylic acids is 1. The summed E-state index contributed by atoms with van der Waals surface area (Å²) in [6.45, 7) is 0. The molecule has 2 aromatic heterocycles. The number of fused-ring (bicyclic) bond motifs is 1. The second kappa shape index (κ2) is 6.75. The lowest BCUT2D eigenvalue weighted by atomic mass is 10.1. The Morgan fingerprint density at radius 1 is 1.30 bits per heavy atom. The lowest BCUT2D eigenvalue weighted by Crippen LogP contribution is -2.42. The second-order valence-corrected chi connectivity index (χ2v) is 8.28. The molecule has 9 heteroatoms. The highest BCUT2D eigenvalue weighted by Crippen LogP contribution is 2.42. The number of aromatic nitrogens is 2. The first-order valence-corrected chi connectivity index (χ1v) is 9.97. The molecule has 0 bridgehead atoms. The molecule has 4 rings (SSSR count). The fraction of sp³-hybridized carbons (Fsp3) is 0.278. The molecule has 1 aromatic carbocycles. The fourth-order valence-corrected chi connectivity index (χ4v) is 4.07. The van der Waals surface area contributed by atoms with Crippen LogP contribution in [0.3, 0.4) is 0 Å². The van der Waals surface area contributed by atoms with E-state index in [1.165, 1.54) is 6.07 Å². The van der Waals surface area contributed by atoms with Gasteiger partial charge in [-0.2, -0.15) is 4.72 Å². The van der Waals surface area contributed by atoms with E-state index >= 15 is 0 Å². The Kier molecular flexibility index (Phi) is 4.40. The predicted octanol–water partition coefficient (Wildman–Crippen LogP) is 2.07. The van der Waals surface area contributed by atoms with Crippen molar-refractivity contribution in [1.82, 2.24) is 14.9 Å². The van der Waals surface area contributed by atoms with Crippen molar-refractivity contribution in [3.05, 3.63) is 53.9 Å². The average molecular weight is 387 g/mol. The van der Waals surface area contributed by atoms with Crippen molar-refractivity contribution in [2.75, 3.05) is 0 Å². The van der Waals surface area contributed by atoms with Crippen molar-refractivity contribution < 1.29 is 22.8 Å². The number of carboxylic acid groups (broad SMARTS) is 1. The highest BCUT2D eigenvalue weighted by atomic mass is 32.2. The summed E-state index contributed by atoms with van der Waals surface area (Å²) in [5, 5.41) is 14.0. The molecule has 2 heterocycles. The maximum atomic E-state index is 12.7. The lowest BCUT2D eigenvalue weighted by Gasteiger charge is -2.15. The van der Waals surface area contributed by atoms with Gasteiger partial charge in [-0.05, 0) is 30.9 Å². The van der Waals surface area contributed by atoms with E-state index in [0.717, 1.165) is 24.6 Å². The van der Waals surface area contributed by atoms with Gasteiger partial charge in [-0.25, -0.2) is 13.4 Å². The van der Waals surface area contributed by atoms with Crippen LogP contribution >= 0.6 is 0 Å². The molecule has 8 nitrogen and oxygen atoms in total. The minimum Gasteiger partial charge on any atom is -0.480 e. The Morgan fingerprint density at radius 2 is 2.04 bits per heavy atom. The van der Waals surface area contributed by atoms with E-state index in [-0.39, 0.29) is 22.9 Å². The molecule has 0 amide bonds. The zero-order valence-electron chi connectivity index (χ0n) is 14.2. The van der Waals surface area contributed by atoms with Gasteiger partial charge in [0.2, 0.25) is 10.0 Å². The summed E-state index contributed by atoms with van der Waals surface area (Å²) in [5.41, 5.74) is 1.69. The van der Waals surface area contributed by atoms with Gasteiger partial charge < -0.3 is 9.63 Å². The molecule has 140 valence electrons. The van der Waals surface area contributed by atoms with Gasteiger partial charge >= 0.3 is 5.97 Å². The topological polar surface area (TPSA) is 122 Å². The minimum atomic E-state index is -4.08. The number of sulfonamides is 1. The molecule has 1 aliphatic carbocycles. The van der Waals surface area contributed by atoms with Gasteiger partial charge in [-0.15, -0.1) is 0 Å². The summed E-state index contributed by atoms with van der Waals surface area (Å²) >= 11 is 0. The molecule has 1 aliphatic rings. The maximum absolute atomic E-state index is 12.7. The molecule has 0 spiro atoms. The van der Waals surface area contributed by atoms with Crippen molar-refractivity contribution >= 4 is 27.1 Å². The summed E-state index contributed by atoms with van der Waals surface area (Å²) in [6, 6.07) is 8.99. The van der Waals surface area contributed by atoms with Crippen molar-refractivity contribution in [2.45, 2.75) is 36.1 Å². The number of benzene rings is 1. The van der Waals surface area contributed by atoms with Crippen LogP contribution in [-0.2, 0) is 21.2 Å². The zero-order valence-corrected chi connectivity index (χ0v) is 15.0. The SMILES string of the molecule is O=C(O)[C@@H](Cc1ccccc1)NS(=O)(=O)c1cnc2onc(C3CC3)c2c1. The van der Waals surface area contributed by atoms with Crippen LogP contribution in [0.2, 0.25) is 0 Å². The lowest BCUT2D eigenvalue weighted by molar-refractivity contribution is -0.138. The van der Waals surface area contributed by atoms with Crippen LogP contribution in [0.4, 0.5) is 0 Å². The van der Waals surface area contributed by atoms with E-state index in [1.54, 1.807) is 30.3 Å². The van der Waals surface area contributed by atoms with Crippen LogP contribution in [-0.4, -0.2) is 35.7 Å². The van der Waals surface area contributed by atoms with E-state index in [4.69, 9.17) is 4.52 Å². The van der Waals surface area contributed by atoms with E-state index in [1.807, 2.05) is 0 Å². The van der Waals surface area contributed by atoms with Crippen LogP contribution in [0.1, 0.15) is 30.0 Å². The molecule has 0 aliphatic heterocycles. The molecule has 2 N–H and O–H groups in total. The molecule has 0 unspecified atom stereocenters. The molecular formula is C18H17N3O5S. The normalized spacial score (nSPS) is 15.7. The Morgan fingerprint density at radius 3 is 2.70 bits per heavy atom. The van der Waals surface area contributed by atoms with Crippen LogP contribution in [0.15, 0.2) is 52.0 Å². The molecule has 1 atom stereocenters. The Labute approximate surface area is 155 Å². The fourth-order valence-electron chi connectivity index (χ4n) is 2.91. The van der Waals surface area contributed by atoms with E-state index in [0.29, 0.717) is 11.1 Å². The second-order valence-electron chi connectivity index (χ2n) is 6.57. The van der Waals surface area contributed by atoms with Crippen LogP contribution < -0.4 is 4.72 Å². The smallest absolute Gasteiger partial charge is 0.322 e. The summed E-state index contributed by atoms with van der Waals surface area (Å²) in [6.07, 6.45) is 3.14. The third-order valence-corrected chi connectivity index (χ3v) is 5.92. The van der Waals surface area contributed by atoms with Gasteiger partial charge in [-0.1, -0.05) is 35.5 Å². The van der Waals surface area contributed by atoms with Crippen LogP contribution in [0.5, 0.6) is 0 Å². The number of nitrogens with zero attached hydrogens (tertiary/aromatic N) is 2. The minimum absolute atomic E-state index is 0.0334. The molecular weight excluding hydrogens is 370 g/mol. The van der Waals surface area contributed by atoms with Gasteiger partial charge in [0, 0.05) is 5.92 Å². The number of pyridine rings is 1. The summed E-state index contributed by atoms with van der Waals surface area (Å²) in [7, 11) is -4.08. The number of carboxylic acids is 1. The number of hydrogen-bond donors (Lipinski definition) is 2. The number of nitrogens with one attached hydrogen (secondary N) is 1. The summed E-state index contributed by atoms with van der Waals surface area (Å²) < 4.78 is 32.9. The highest BCUT2D eigenvalue weighted by molar-refractivity contribution is 7.89. The third kappa shape index (κ3) is 3.69. The number of rotatable bonds is 7. The van der Waals surface area contributed by atoms with Crippen molar-refractivity contribution in [1.29, 1.82) is 0 Å². The van der Waals surface area contributed by atoms with E-state index in [9.17, 15) is 18.3 Å². The van der Waals surface area contributed by atoms with E-state index in [2.05, 4.69) is 14.9 Å². The average Bonchev–Trinajstić information content (AvgIpc) is 3.40. The Hall–Kier alpha value is -2.78. The van der Waals surface area contributed by atoms with Crippen molar-refractivity contribution in [3.63, 3.8) is 0 Å². The van der Waals surface area contributed by atoms with Crippen LogP contribution in [0, 0.1) is 0 Å². The predicted molar refractivity (Wildman–Crippen MR) is 95.7 cm³/mol. The molecule has 1 saturated carbocycles. The third-order valence-electron chi connectivity index (χ3n) is 4.48. The zero-order chi connectivity index (χ0) is 19.0. The molecule has 0 radical (unpaired) electrons. The van der Waals surface area contributed by atoms with E-state index < -0.39 is 22.0 Å². The van der Waals surface area contributed by atoms with Crippen LogP contribution in [0.25, 0.3) is 11.1 Å². The first-order chi connectivity index (χ1) is 12.9. The van der Waals surface area contributed by atoms with Gasteiger partial charge in [-0.3, -0.25) is 4.79 Å². The Bertz CT molecular complexity index is 1090. The van der Waals surface area contributed by atoms with Gasteiger partial charge in [0.05, 0.1) is 17.3 Å². The molecule has 1 fully saturated rings. The standard InChI is InChI=1S/C18H17N3O5S/c22-18(23)15(8-11-4-2-1-3-5-11)21-27(24,25)13-9-14-16(12-6-7-12)20-26-17(14)19-10-13/h1-5,9-10,12,15,21H,6-8H2,(H,22,23)/t15-/m1/s1. The monoisotopic (exact) mass is 387 g/mol. The summed E-state index contributed by atoms with van der Waals surface area (Å²) in [5.74, 6) is -0.982. The van der Waals surface area contributed by atoms with Gasteiger partial charge in [0.1, 0.15) is 10.9 Å². The molecule has 27 heavy (non-hydrogen) atoms. The van der Waals surface area contributed by atoms with Crippen molar-refractivity contribution in [2.24, 2.45) is 0 Å². The highest BCUT2D eigenvalue weighted by Gasteiger charge is 2.31. The quantitative estimate of drug-likeness (QED) is 0.636. The first kappa shape index (κ1) is 17.6. The van der Waals surface area contributed by atoms with Gasteiger partial charge in [0.25, 0.3) is 5.71 Å². The molecule has 0 saturated heterocycles. The Balaban J connectivity index is 1.62. The largest absolute Gasteiger partial charge is 0.480 e.